The molecule has 0 saturated heterocycles. The van der Waals surface area contributed by atoms with E-state index in [4.69, 9.17) is 0 Å². The molecule has 1 aromatic rings. The van der Waals surface area contributed by atoms with Crippen LogP contribution in [0.4, 0.5) is 0 Å². The fourth-order valence-corrected chi connectivity index (χ4v) is 3.52. The molecule has 22 heavy (non-hydrogen) atoms. The maximum absolute atomic E-state index is 12.8. The predicted octanol–water partition coefficient (Wildman–Crippen LogP) is 1.10. The quantitative estimate of drug-likeness (QED) is 0.599. The molecule has 7 heteroatoms. The molecule has 0 saturated carbocycles. The molecule has 0 radical (unpaired) electrons. The molecule has 6 nitrogen and oxygen atoms in total. The van der Waals surface area contributed by atoms with Crippen LogP contribution in [0.1, 0.15) is 12.5 Å². The molecule has 0 aromatic heterocycles. The van der Waals surface area contributed by atoms with Crippen molar-refractivity contribution in [3.63, 3.8) is 0 Å². The highest BCUT2D eigenvalue weighted by Gasteiger charge is 2.36. The summed E-state index contributed by atoms with van der Waals surface area (Å²) in [5, 5.41) is 9.43. The van der Waals surface area contributed by atoms with Gasteiger partial charge >= 0.3 is 5.97 Å². The third-order valence-electron chi connectivity index (χ3n) is 3.05. The summed E-state index contributed by atoms with van der Waals surface area (Å²) in [6.07, 6.45) is 0. The van der Waals surface area contributed by atoms with Crippen molar-refractivity contribution in [1.82, 2.24) is 4.31 Å². The lowest BCUT2D eigenvalue weighted by Gasteiger charge is -2.28. The number of hydrogen-bond donors (Lipinski definition) is 1. The monoisotopic (exact) mass is 327 g/mol. The van der Waals surface area contributed by atoms with Crippen molar-refractivity contribution in [1.29, 1.82) is 0 Å². The van der Waals surface area contributed by atoms with E-state index in [-0.39, 0.29) is 11.4 Å². The SMILES string of the molecule is C=C(C)CN([C@@H](CO)C(=O)OC)S(=O)(=O)c1ccc(C)cc1. The van der Waals surface area contributed by atoms with Gasteiger partial charge in [0.25, 0.3) is 0 Å². The lowest BCUT2D eigenvalue weighted by molar-refractivity contribution is -0.146. The van der Waals surface area contributed by atoms with Gasteiger partial charge in [-0.05, 0) is 26.0 Å². The average molecular weight is 327 g/mol. The van der Waals surface area contributed by atoms with Gasteiger partial charge in [0.1, 0.15) is 6.04 Å². The number of ether oxygens (including phenoxy) is 1. The van der Waals surface area contributed by atoms with Crippen LogP contribution in [0.25, 0.3) is 0 Å². The van der Waals surface area contributed by atoms with E-state index in [2.05, 4.69) is 11.3 Å². The normalized spacial score (nSPS) is 13.0. The van der Waals surface area contributed by atoms with Crippen molar-refractivity contribution < 1.29 is 23.1 Å². The summed E-state index contributed by atoms with van der Waals surface area (Å²) in [5.41, 5.74) is 1.45. The lowest BCUT2D eigenvalue weighted by atomic mass is 10.2. The fourth-order valence-electron chi connectivity index (χ4n) is 1.89. The number of esters is 1. The van der Waals surface area contributed by atoms with E-state index in [1.807, 2.05) is 6.92 Å². The highest BCUT2D eigenvalue weighted by atomic mass is 32.2. The third kappa shape index (κ3) is 4.16. The van der Waals surface area contributed by atoms with Crippen LogP contribution in [0.2, 0.25) is 0 Å². The Morgan fingerprint density at radius 1 is 1.36 bits per heavy atom. The second-order valence-corrected chi connectivity index (χ2v) is 6.93. The minimum Gasteiger partial charge on any atom is -0.468 e. The molecule has 1 aromatic carbocycles. The summed E-state index contributed by atoms with van der Waals surface area (Å²) in [6.45, 7) is 6.40. The lowest BCUT2D eigenvalue weighted by Crippen LogP contribution is -2.48. The standard InChI is InChI=1S/C15H21NO5S/c1-11(2)9-16(14(10-17)15(18)21-4)22(19,20)13-7-5-12(3)6-8-13/h5-8,14,17H,1,9-10H2,2-4H3/t14-/m0/s1. The summed E-state index contributed by atoms with van der Waals surface area (Å²) in [7, 11) is -2.83. The topological polar surface area (TPSA) is 83.9 Å². The van der Waals surface area contributed by atoms with Crippen LogP contribution in [-0.4, -0.2) is 50.1 Å². The molecular weight excluding hydrogens is 306 g/mol. The van der Waals surface area contributed by atoms with Gasteiger partial charge in [-0.25, -0.2) is 8.42 Å². The molecule has 0 aliphatic heterocycles. The van der Waals surface area contributed by atoms with Crippen molar-refractivity contribution in [2.75, 3.05) is 20.3 Å². The number of aliphatic hydroxyl groups excluding tert-OH is 1. The molecule has 1 N–H and O–H groups in total. The van der Waals surface area contributed by atoms with E-state index >= 15 is 0 Å². The number of carbonyl (C=O) groups excluding carboxylic acids is 1. The number of aryl methyl sites for hydroxylation is 1. The number of carbonyl (C=O) groups is 1. The first kappa shape index (κ1) is 18.3. The highest BCUT2D eigenvalue weighted by molar-refractivity contribution is 7.89. The molecular formula is C15H21NO5S. The zero-order chi connectivity index (χ0) is 16.9. The second kappa shape index (κ2) is 7.53. The number of benzene rings is 1. The highest BCUT2D eigenvalue weighted by Crippen LogP contribution is 2.20. The number of rotatable bonds is 7. The molecule has 0 heterocycles. The molecule has 0 bridgehead atoms. The maximum Gasteiger partial charge on any atom is 0.326 e. The minimum atomic E-state index is -3.97. The summed E-state index contributed by atoms with van der Waals surface area (Å²) in [6, 6.07) is 4.94. The summed E-state index contributed by atoms with van der Waals surface area (Å²) >= 11 is 0. The van der Waals surface area contributed by atoms with Gasteiger partial charge < -0.3 is 9.84 Å². The van der Waals surface area contributed by atoms with E-state index in [9.17, 15) is 18.3 Å². The zero-order valence-electron chi connectivity index (χ0n) is 12.9. The number of sulfonamides is 1. The van der Waals surface area contributed by atoms with Crippen molar-refractivity contribution in [3.8, 4) is 0 Å². The Kier molecular flexibility index (Phi) is 6.28. The second-order valence-electron chi connectivity index (χ2n) is 5.04. The fraction of sp³-hybridized carbons (Fsp3) is 0.400. The largest absolute Gasteiger partial charge is 0.468 e. The van der Waals surface area contributed by atoms with Gasteiger partial charge in [-0.15, -0.1) is 0 Å². The molecule has 0 amide bonds. The Hall–Kier alpha value is -1.70. The van der Waals surface area contributed by atoms with Crippen LogP contribution in [0.3, 0.4) is 0 Å². The number of nitrogens with zero attached hydrogens (tertiary/aromatic N) is 1. The molecule has 122 valence electrons. The average Bonchev–Trinajstić information content (AvgIpc) is 2.46. The predicted molar refractivity (Wildman–Crippen MR) is 82.8 cm³/mol. The van der Waals surface area contributed by atoms with Gasteiger partial charge in [0.05, 0.1) is 18.6 Å². The van der Waals surface area contributed by atoms with Crippen LogP contribution in [0, 0.1) is 6.92 Å². The molecule has 1 rings (SSSR count). The number of methoxy groups -OCH3 is 1. The van der Waals surface area contributed by atoms with Gasteiger partial charge in [0.15, 0.2) is 0 Å². The number of hydrogen-bond acceptors (Lipinski definition) is 5. The van der Waals surface area contributed by atoms with Crippen LogP contribution >= 0.6 is 0 Å². The van der Waals surface area contributed by atoms with Crippen LogP contribution in [-0.2, 0) is 19.6 Å². The van der Waals surface area contributed by atoms with Crippen LogP contribution < -0.4 is 0 Å². The first-order valence-corrected chi connectivity index (χ1v) is 8.09. The Bertz CT molecular complexity index is 636. The van der Waals surface area contributed by atoms with Gasteiger partial charge in [0.2, 0.25) is 10.0 Å². The van der Waals surface area contributed by atoms with Gasteiger partial charge in [-0.2, -0.15) is 4.31 Å². The Morgan fingerprint density at radius 3 is 2.32 bits per heavy atom. The smallest absolute Gasteiger partial charge is 0.326 e. The maximum atomic E-state index is 12.8. The summed E-state index contributed by atoms with van der Waals surface area (Å²) in [5.74, 6) is -0.820. The van der Waals surface area contributed by atoms with Crippen LogP contribution in [0.5, 0.6) is 0 Å². The minimum absolute atomic E-state index is 0.0432. The van der Waals surface area contributed by atoms with E-state index in [0.717, 1.165) is 17.0 Å². The first-order valence-electron chi connectivity index (χ1n) is 6.65. The Balaban J connectivity index is 3.33. The van der Waals surface area contributed by atoms with Gasteiger partial charge in [0, 0.05) is 6.54 Å². The molecule has 0 unspecified atom stereocenters. The van der Waals surface area contributed by atoms with Crippen molar-refractivity contribution in [2.24, 2.45) is 0 Å². The zero-order valence-corrected chi connectivity index (χ0v) is 13.8. The Labute approximate surface area is 131 Å². The molecule has 0 aliphatic rings. The van der Waals surface area contributed by atoms with E-state index in [1.54, 1.807) is 19.1 Å². The van der Waals surface area contributed by atoms with E-state index in [0.29, 0.717) is 5.57 Å². The molecule has 0 aliphatic carbocycles. The molecule has 0 spiro atoms. The van der Waals surface area contributed by atoms with E-state index < -0.39 is 28.6 Å². The Morgan fingerprint density at radius 2 is 1.91 bits per heavy atom. The first-order chi connectivity index (χ1) is 10.2. The third-order valence-corrected chi connectivity index (χ3v) is 4.92. The summed E-state index contributed by atoms with van der Waals surface area (Å²) in [4.78, 5) is 11.8. The number of aliphatic hydroxyl groups is 1. The van der Waals surface area contributed by atoms with Gasteiger partial charge in [-0.1, -0.05) is 29.8 Å². The molecule has 1 atom stereocenters. The van der Waals surface area contributed by atoms with Crippen LogP contribution in [0.15, 0.2) is 41.3 Å². The van der Waals surface area contributed by atoms with Gasteiger partial charge in [-0.3, -0.25) is 4.79 Å². The van der Waals surface area contributed by atoms with Crippen molar-refractivity contribution >= 4 is 16.0 Å². The van der Waals surface area contributed by atoms with Crippen molar-refractivity contribution in [3.05, 3.63) is 42.0 Å². The molecule has 0 fully saturated rings. The summed E-state index contributed by atoms with van der Waals surface area (Å²) < 4.78 is 31.0. The van der Waals surface area contributed by atoms with E-state index in [1.165, 1.54) is 12.1 Å². The van der Waals surface area contributed by atoms with Crippen molar-refractivity contribution in [2.45, 2.75) is 24.8 Å².